The number of carbonyl (C=O) groups excluding carboxylic acids is 2. The lowest BCUT2D eigenvalue weighted by Gasteiger charge is -2.18. The third kappa shape index (κ3) is 4.62. The second-order valence-corrected chi connectivity index (χ2v) is 9.21. The molecule has 8 heteroatoms. The molecule has 3 aromatic rings. The molecule has 3 aromatic carbocycles. The third-order valence-electron chi connectivity index (χ3n) is 5.35. The number of rotatable bonds is 7. The first kappa shape index (κ1) is 23.7. The average Bonchev–Trinajstić information content (AvgIpc) is 3.06. The Balaban J connectivity index is 1.79. The number of carbonyl (C=O) groups is 2. The molecule has 0 bridgehead atoms. The summed E-state index contributed by atoms with van der Waals surface area (Å²) in [7, 11) is 3.09. The third-order valence-corrected chi connectivity index (χ3v) is 6.69. The first-order valence-corrected chi connectivity index (χ1v) is 11.6. The molecule has 0 aromatic heterocycles. The van der Waals surface area contributed by atoms with E-state index in [9.17, 15) is 9.59 Å². The zero-order valence-corrected chi connectivity index (χ0v) is 20.7. The summed E-state index contributed by atoms with van der Waals surface area (Å²) in [6.45, 7) is 3.80. The van der Waals surface area contributed by atoms with Crippen LogP contribution in [0.15, 0.2) is 76.2 Å². The van der Waals surface area contributed by atoms with Gasteiger partial charge in [-0.1, -0.05) is 35.5 Å². The molecule has 4 rings (SSSR count). The number of hydrogen-bond acceptors (Lipinski definition) is 6. The average molecular weight is 495 g/mol. The largest absolute Gasteiger partial charge is 0.497 e. The van der Waals surface area contributed by atoms with Crippen LogP contribution in [-0.4, -0.2) is 26.0 Å². The molecule has 0 unspecified atom stereocenters. The van der Waals surface area contributed by atoms with E-state index in [1.54, 1.807) is 37.4 Å². The minimum Gasteiger partial charge on any atom is -0.497 e. The zero-order valence-electron chi connectivity index (χ0n) is 19.1. The number of benzene rings is 3. The predicted octanol–water partition coefficient (Wildman–Crippen LogP) is 5.96. The van der Waals surface area contributed by atoms with Crippen LogP contribution in [0.5, 0.6) is 11.5 Å². The lowest BCUT2D eigenvalue weighted by Crippen LogP contribution is -2.33. The summed E-state index contributed by atoms with van der Waals surface area (Å²) in [4.78, 5) is 29.5. The summed E-state index contributed by atoms with van der Waals surface area (Å²) in [5.41, 5.74) is 3.05. The van der Waals surface area contributed by atoms with E-state index in [1.807, 2.05) is 44.2 Å². The fraction of sp³-hybridized carbons (Fsp3) is 0.154. The minimum atomic E-state index is -0.437. The van der Waals surface area contributed by atoms with E-state index in [-0.39, 0.29) is 10.6 Å². The Hall–Kier alpha value is -3.42. The Bertz CT molecular complexity index is 1300. The van der Waals surface area contributed by atoms with Gasteiger partial charge in [-0.05, 0) is 67.4 Å². The smallest absolute Gasteiger partial charge is 0.283 e. The molecule has 174 valence electrons. The fourth-order valence-electron chi connectivity index (χ4n) is 3.55. The lowest BCUT2D eigenvalue weighted by molar-refractivity contribution is -0.120. The highest BCUT2D eigenvalue weighted by Crippen LogP contribution is 2.40. The van der Waals surface area contributed by atoms with Crippen LogP contribution < -0.4 is 19.7 Å². The lowest BCUT2D eigenvalue weighted by atomic mass is 10.1. The summed E-state index contributed by atoms with van der Waals surface area (Å²) >= 11 is 7.23. The molecule has 6 nitrogen and oxygen atoms in total. The van der Waals surface area contributed by atoms with Gasteiger partial charge < -0.3 is 14.8 Å². The summed E-state index contributed by atoms with van der Waals surface area (Å²) < 4.78 is 10.7. The van der Waals surface area contributed by atoms with Gasteiger partial charge in [0.1, 0.15) is 22.1 Å². The number of ether oxygens (including phenoxy) is 2. The number of thioether (sulfide) groups is 1. The first-order chi connectivity index (χ1) is 16.3. The molecule has 0 atom stereocenters. The topological polar surface area (TPSA) is 67.9 Å². The van der Waals surface area contributed by atoms with Crippen molar-refractivity contribution in [3.8, 4) is 11.5 Å². The summed E-state index contributed by atoms with van der Waals surface area (Å²) in [5.74, 6) is 0.257. The maximum Gasteiger partial charge on any atom is 0.283 e. The molecule has 0 saturated heterocycles. The Kier molecular flexibility index (Phi) is 6.86. The highest BCUT2D eigenvalue weighted by Gasteiger charge is 2.41. The van der Waals surface area contributed by atoms with E-state index < -0.39 is 11.8 Å². The second-order valence-electron chi connectivity index (χ2n) is 7.69. The number of halogens is 1. The highest BCUT2D eigenvalue weighted by molar-refractivity contribution is 8.04. The summed E-state index contributed by atoms with van der Waals surface area (Å²) in [5, 5.41) is 3.74. The molecular weight excluding hydrogens is 472 g/mol. The normalized spacial score (nSPS) is 13.5. The van der Waals surface area contributed by atoms with Crippen molar-refractivity contribution < 1.29 is 19.1 Å². The van der Waals surface area contributed by atoms with Crippen LogP contribution in [0.25, 0.3) is 0 Å². The molecule has 2 amide bonds. The minimum absolute atomic E-state index is 0.175. The highest BCUT2D eigenvalue weighted by atomic mass is 35.5. The monoisotopic (exact) mass is 494 g/mol. The number of nitrogens with zero attached hydrogens (tertiary/aromatic N) is 1. The molecule has 1 N–H and O–H groups in total. The van der Waals surface area contributed by atoms with E-state index in [1.165, 1.54) is 23.8 Å². The Morgan fingerprint density at radius 1 is 0.882 bits per heavy atom. The molecule has 1 aliphatic heterocycles. The van der Waals surface area contributed by atoms with Gasteiger partial charge >= 0.3 is 0 Å². The van der Waals surface area contributed by atoms with Crippen LogP contribution in [0.3, 0.4) is 0 Å². The fourth-order valence-corrected chi connectivity index (χ4v) is 4.60. The van der Waals surface area contributed by atoms with E-state index in [2.05, 4.69) is 5.32 Å². The van der Waals surface area contributed by atoms with Crippen LogP contribution in [-0.2, 0) is 9.59 Å². The van der Waals surface area contributed by atoms with Gasteiger partial charge in [0, 0.05) is 16.0 Å². The number of aryl methyl sites for hydroxylation is 2. The van der Waals surface area contributed by atoms with Crippen LogP contribution in [0, 0.1) is 13.8 Å². The van der Waals surface area contributed by atoms with Gasteiger partial charge in [-0.3, -0.25) is 9.59 Å². The van der Waals surface area contributed by atoms with Gasteiger partial charge in [-0.15, -0.1) is 0 Å². The van der Waals surface area contributed by atoms with Gasteiger partial charge in [-0.2, -0.15) is 0 Å². The van der Waals surface area contributed by atoms with Crippen LogP contribution >= 0.6 is 23.4 Å². The predicted molar refractivity (Wildman–Crippen MR) is 136 cm³/mol. The van der Waals surface area contributed by atoms with Crippen molar-refractivity contribution in [2.24, 2.45) is 0 Å². The number of nitrogens with one attached hydrogen (secondary N) is 1. The van der Waals surface area contributed by atoms with Crippen molar-refractivity contribution >= 4 is 46.6 Å². The van der Waals surface area contributed by atoms with Crippen molar-refractivity contribution in [1.29, 1.82) is 0 Å². The Labute approximate surface area is 207 Å². The zero-order chi connectivity index (χ0) is 24.4. The second kappa shape index (κ2) is 9.83. The number of methoxy groups -OCH3 is 2. The van der Waals surface area contributed by atoms with Gasteiger partial charge in [0.05, 0.1) is 25.6 Å². The molecule has 0 aliphatic carbocycles. The van der Waals surface area contributed by atoms with Gasteiger partial charge in [-0.25, -0.2) is 4.90 Å². The molecule has 0 saturated carbocycles. The maximum atomic E-state index is 13.6. The SMILES string of the molecule is COc1ccc(NC2=C(Sc3ccc(Cl)cc3)C(=O)N(c3cc(C)ccc3C)C2=O)c(OC)c1. The summed E-state index contributed by atoms with van der Waals surface area (Å²) in [6.07, 6.45) is 0. The molecule has 0 radical (unpaired) electrons. The van der Waals surface area contributed by atoms with E-state index in [4.69, 9.17) is 21.1 Å². The quantitative estimate of drug-likeness (QED) is 0.408. The standard InChI is InChI=1S/C26H23ClN2O4S/c1-15-5-6-16(2)21(13-15)29-25(30)23(28-20-12-9-18(32-3)14-22(20)33-4)24(26(29)31)34-19-10-7-17(27)8-11-19/h5-14,28H,1-4H3. The van der Waals surface area contributed by atoms with Crippen molar-refractivity contribution in [1.82, 2.24) is 0 Å². The first-order valence-electron chi connectivity index (χ1n) is 10.4. The molecule has 1 aliphatic rings. The number of anilines is 2. The number of amides is 2. The van der Waals surface area contributed by atoms with Crippen molar-refractivity contribution in [3.05, 3.63) is 87.4 Å². The number of imide groups is 1. The molecule has 0 spiro atoms. The maximum absolute atomic E-state index is 13.6. The molecule has 0 fully saturated rings. The molecular formula is C26H23ClN2O4S. The van der Waals surface area contributed by atoms with Crippen molar-refractivity contribution in [2.75, 3.05) is 24.4 Å². The van der Waals surface area contributed by atoms with Crippen LogP contribution in [0.1, 0.15) is 11.1 Å². The summed E-state index contributed by atoms with van der Waals surface area (Å²) in [6, 6.07) is 18.0. The molecule has 34 heavy (non-hydrogen) atoms. The Morgan fingerprint density at radius 3 is 2.29 bits per heavy atom. The van der Waals surface area contributed by atoms with Gasteiger partial charge in [0.15, 0.2) is 0 Å². The van der Waals surface area contributed by atoms with Crippen LogP contribution in [0.4, 0.5) is 11.4 Å². The molecule has 1 heterocycles. The van der Waals surface area contributed by atoms with Crippen molar-refractivity contribution in [2.45, 2.75) is 18.7 Å². The Morgan fingerprint density at radius 2 is 1.62 bits per heavy atom. The van der Waals surface area contributed by atoms with E-state index in [0.717, 1.165) is 16.0 Å². The van der Waals surface area contributed by atoms with Crippen molar-refractivity contribution in [3.63, 3.8) is 0 Å². The van der Waals surface area contributed by atoms with Gasteiger partial charge in [0.2, 0.25) is 0 Å². The van der Waals surface area contributed by atoms with E-state index >= 15 is 0 Å². The van der Waals surface area contributed by atoms with Gasteiger partial charge in [0.25, 0.3) is 11.8 Å². The number of hydrogen-bond donors (Lipinski definition) is 1. The van der Waals surface area contributed by atoms with E-state index in [0.29, 0.717) is 27.9 Å². The van der Waals surface area contributed by atoms with Crippen LogP contribution in [0.2, 0.25) is 5.02 Å².